The summed E-state index contributed by atoms with van der Waals surface area (Å²) in [7, 11) is 0. The fourth-order valence-electron chi connectivity index (χ4n) is 0.714. The third-order valence-electron chi connectivity index (χ3n) is 1.28. The second-order valence-corrected chi connectivity index (χ2v) is 2.74. The second-order valence-electron chi connectivity index (χ2n) is 1.96. The maximum Gasteiger partial charge on any atom is 0.128 e. The summed E-state index contributed by atoms with van der Waals surface area (Å²) in [6.07, 6.45) is 0. The zero-order valence-corrected chi connectivity index (χ0v) is 7.23. The van der Waals surface area contributed by atoms with E-state index in [1.807, 2.05) is 0 Å². The van der Waals surface area contributed by atoms with Gasteiger partial charge in [0.25, 0.3) is 0 Å². The first-order chi connectivity index (χ1) is 5.70. The van der Waals surface area contributed by atoms with Crippen LogP contribution < -0.4 is 0 Å². The molecule has 3 nitrogen and oxygen atoms in total. The van der Waals surface area contributed by atoms with Crippen molar-refractivity contribution < 1.29 is 0 Å². The Morgan fingerprint density at radius 1 is 1.42 bits per heavy atom. The molecule has 0 atom stereocenters. The summed E-state index contributed by atoms with van der Waals surface area (Å²) < 4.78 is 0. The van der Waals surface area contributed by atoms with E-state index in [-0.39, 0.29) is 21.3 Å². The third kappa shape index (κ3) is 1.40. The van der Waals surface area contributed by atoms with Crippen LogP contribution in [0.2, 0.25) is 10.0 Å². The van der Waals surface area contributed by atoms with Gasteiger partial charge in [0.2, 0.25) is 0 Å². The van der Waals surface area contributed by atoms with Crippen molar-refractivity contribution in [1.29, 1.82) is 5.26 Å². The molecule has 0 amide bonds. The summed E-state index contributed by atoms with van der Waals surface area (Å²) in [6, 6.07) is 4.54. The summed E-state index contributed by atoms with van der Waals surface area (Å²) in [4.78, 5) is 10.1. The van der Waals surface area contributed by atoms with Crippen molar-refractivity contribution in [2.45, 2.75) is 0 Å². The number of rotatable bonds is 1. The third-order valence-corrected chi connectivity index (χ3v) is 1.98. The lowest BCUT2D eigenvalue weighted by atomic mass is 10.2. The Morgan fingerprint density at radius 2 is 2.08 bits per heavy atom. The first-order valence-electron chi connectivity index (χ1n) is 2.92. The Labute approximate surface area is 78.5 Å². The Bertz CT molecular complexity index is 370. The zero-order chi connectivity index (χ0) is 9.14. The van der Waals surface area contributed by atoms with E-state index in [4.69, 9.17) is 28.5 Å². The van der Waals surface area contributed by atoms with Crippen LogP contribution in [0.15, 0.2) is 17.3 Å². The van der Waals surface area contributed by atoms with Gasteiger partial charge in [-0.3, -0.25) is 0 Å². The largest absolute Gasteiger partial charge is 0.192 e. The number of hydrogen-bond acceptors (Lipinski definition) is 3. The van der Waals surface area contributed by atoms with Crippen molar-refractivity contribution in [2.75, 3.05) is 0 Å². The maximum absolute atomic E-state index is 10.1. The Hall–Kier alpha value is -1.11. The van der Waals surface area contributed by atoms with E-state index in [0.717, 1.165) is 0 Å². The highest BCUT2D eigenvalue weighted by Gasteiger charge is 2.09. The van der Waals surface area contributed by atoms with Crippen LogP contribution in [0.3, 0.4) is 0 Å². The predicted octanol–water partition coefficient (Wildman–Crippen LogP) is 3.26. The fraction of sp³-hybridized carbons (Fsp3) is 0. The van der Waals surface area contributed by atoms with Crippen LogP contribution in [0.5, 0.6) is 0 Å². The van der Waals surface area contributed by atoms with Crippen molar-refractivity contribution in [3.05, 3.63) is 32.6 Å². The van der Waals surface area contributed by atoms with E-state index < -0.39 is 0 Å². The van der Waals surface area contributed by atoms with Crippen molar-refractivity contribution in [3.63, 3.8) is 0 Å². The van der Waals surface area contributed by atoms with Crippen molar-refractivity contribution in [1.82, 2.24) is 0 Å². The van der Waals surface area contributed by atoms with Gasteiger partial charge in [-0.05, 0) is 17.3 Å². The highest BCUT2D eigenvalue weighted by atomic mass is 35.5. The lowest BCUT2D eigenvalue weighted by molar-refractivity contribution is 1.44. The van der Waals surface area contributed by atoms with Crippen molar-refractivity contribution >= 4 is 28.9 Å². The summed E-state index contributed by atoms with van der Waals surface area (Å²) in [6.45, 7) is 0. The van der Waals surface area contributed by atoms with E-state index in [9.17, 15) is 4.91 Å². The molecule has 0 radical (unpaired) electrons. The molecule has 5 heteroatoms. The van der Waals surface area contributed by atoms with Crippen molar-refractivity contribution in [3.8, 4) is 6.07 Å². The molecule has 0 aromatic heterocycles. The number of nitrogens with zero attached hydrogens (tertiary/aromatic N) is 2. The Balaban J connectivity index is 3.46. The van der Waals surface area contributed by atoms with Gasteiger partial charge in [0.1, 0.15) is 11.8 Å². The van der Waals surface area contributed by atoms with E-state index in [1.54, 1.807) is 6.07 Å². The lowest BCUT2D eigenvalue weighted by Crippen LogP contribution is -1.79. The molecule has 1 aromatic rings. The molecule has 0 unspecified atom stereocenters. The molecule has 0 saturated carbocycles. The molecule has 0 spiro atoms. The molecule has 1 rings (SSSR count). The highest BCUT2D eigenvalue weighted by Crippen LogP contribution is 2.32. The molecule has 0 aliphatic heterocycles. The number of hydrogen-bond donors (Lipinski definition) is 0. The standard InChI is InChI=1S/C7H2Cl2N2O/c8-5-1-2-6(11-12)7(9)4(5)3-10/h1-2H. The van der Waals surface area contributed by atoms with E-state index in [1.165, 1.54) is 12.1 Å². The smallest absolute Gasteiger partial charge is 0.128 e. The molecular weight excluding hydrogens is 199 g/mol. The monoisotopic (exact) mass is 200 g/mol. The average Bonchev–Trinajstić information content (AvgIpc) is 2.06. The summed E-state index contributed by atoms with van der Waals surface area (Å²) in [5.74, 6) is 0. The molecule has 60 valence electrons. The normalized spacial score (nSPS) is 9.08. The first-order valence-corrected chi connectivity index (χ1v) is 3.67. The van der Waals surface area contributed by atoms with Gasteiger partial charge in [-0.2, -0.15) is 5.26 Å². The zero-order valence-electron chi connectivity index (χ0n) is 5.71. The summed E-state index contributed by atoms with van der Waals surface area (Å²) in [5.41, 5.74) is 0.105. The van der Waals surface area contributed by atoms with Crippen LogP contribution in [0, 0.1) is 16.2 Å². The Morgan fingerprint density at radius 3 is 2.58 bits per heavy atom. The molecule has 0 bridgehead atoms. The van der Waals surface area contributed by atoms with Gasteiger partial charge in [-0.15, -0.1) is 4.91 Å². The predicted molar refractivity (Wildman–Crippen MR) is 46.6 cm³/mol. The lowest BCUT2D eigenvalue weighted by Gasteiger charge is -1.98. The van der Waals surface area contributed by atoms with Gasteiger partial charge in [-0.1, -0.05) is 23.2 Å². The molecule has 0 fully saturated rings. The topological polar surface area (TPSA) is 53.2 Å². The van der Waals surface area contributed by atoms with Gasteiger partial charge >= 0.3 is 0 Å². The van der Waals surface area contributed by atoms with Gasteiger partial charge in [0, 0.05) is 0 Å². The quantitative estimate of drug-likeness (QED) is 0.654. The van der Waals surface area contributed by atoms with Gasteiger partial charge < -0.3 is 0 Å². The van der Waals surface area contributed by atoms with Crippen LogP contribution in [0.25, 0.3) is 0 Å². The molecular formula is C7H2Cl2N2O. The SMILES string of the molecule is N#Cc1c(Cl)ccc(N=O)c1Cl. The number of nitriles is 1. The van der Waals surface area contributed by atoms with E-state index >= 15 is 0 Å². The first kappa shape index (κ1) is 8.98. The minimum absolute atomic E-state index is 0.000000000000000222. The summed E-state index contributed by atoms with van der Waals surface area (Å²) in [5, 5.41) is 11.4. The average molecular weight is 201 g/mol. The maximum atomic E-state index is 10.1. The molecule has 0 heterocycles. The molecule has 12 heavy (non-hydrogen) atoms. The van der Waals surface area contributed by atoms with Crippen LogP contribution in [0.1, 0.15) is 5.56 Å². The van der Waals surface area contributed by atoms with Gasteiger partial charge in [-0.25, -0.2) is 0 Å². The molecule has 0 aliphatic carbocycles. The van der Waals surface area contributed by atoms with E-state index in [2.05, 4.69) is 5.18 Å². The number of benzene rings is 1. The van der Waals surface area contributed by atoms with E-state index in [0.29, 0.717) is 0 Å². The second kappa shape index (κ2) is 3.53. The van der Waals surface area contributed by atoms with Crippen LogP contribution in [0.4, 0.5) is 5.69 Å². The number of halogens is 2. The Kier molecular flexibility index (Phi) is 2.64. The van der Waals surface area contributed by atoms with Gasteiger partial charge in [0.05, 0.1) is 15.6 Å². The molecule has 1 aromatic carbocycles. The van der Waals surface area contributed by atoms with Crippen LogP contribution >= 0.6 is 23.2 Å². The summed E-state index contributed by atoms with van der Waals surface area (Å²) >= 11 is 11.2. The van der Waals surface area contributed by atoms with Gasteiger partial charge in [0.15, 0.2) is 0 Å². The molecule has 0 saturated heterocycles. The minimum atomic E-state index is 0.000000000000000222. The van der Waals surface area contributed by atoms with Crippen LogP contribution in [-0.2, 0) is 0 Å². The molecule has 0 N–H and O–H groups in total. The number of nitroso groups, excluding NO2 is 1. The molecule has 0 aliphatic rings. The minimum Gasteiger partial charge on any atom is -0.192 e. The highest BCUT2D eigenvalue weighted by molar-refractivity contribution is 6.38. The fourth-order valence-corrected chi connectivity index (χ4v) is 1.20. The van der Waals surface area contributed by atoms with Crippen molar-refractivity contribution in [2.24, 2.45) is 5.18 Å². The van der Waals surface area contributed by atoms with Crippen LogP contribution in [-0.4, -0.2) is 0 Å².